The second-order valence-corrected chi connectivity index (χ2v) is 7.92. The number of urea groups is 1. The minimum atomic E-state index is -0.386. The number of hydrogen-bond donors (Lipinski definition) is 2. The van der Waals surface area contributed by atoms with Gasteiger partial charge in [-0.1, -0.05) is 12.5 Å². The molecule has 2 aromatic rings. The highest BCUT2D eigenvalue weighted by molar-refractivity contribution is 5.91. The van der Waals surface area contributed by atoms with E-state index in [1.807, 2.05) is 31.2 Å². The molecule has 2 amide bonds. The molecule has 8 heteroatoms. The maximum absolute atomic E-state index is 12.6. The number of esters is 1. The van der Waals surface area contributed by atoms with Crippen LogP contribution in [0.3, 0.4) is 0 Å². The van der Waals surface area contributed by atoms with Gasteiger partial charge in [0.1, 0.15) is 5.56 Å². The van der Waals surface area contributed by atoms with Gasteiger partial charge < -0.3 is 15.4 Å². The number of piperidine rings is 1. The monoisotopic (exact) mass is 411 g/mol. The first kappa shape index (κ1) is 20.4. The summed E-state index contributed by atoms with van der Waals surface area (Å²) in [5, 5.41) is 10.4. The number of ether oxygens (including phenoxy) is 1. The van der Waals surface area contributed by atoms with Crippen LogP contribution in [0.15, 0.2) is 30.5 Å². The number of hydrogen-bond acceptors (Lipinski definition) is 5. The third-order valence-corrected chi connectivity index (χ3v) is 6.03. The molecule has 1 aromatic carbocycles. The molecule has 160 valence electrons. The number of carbonyl (C=O) groups excluding carboxylic acids is 2. The Morgan fingerprint density at radius 2 is 2.10 bits per heavy atom. The van der Waals surface area contributed by atoms with Gasteiger partial charge in [-0.25, -0.2) is 14.3 Å². The van der Waals surface area contributed by atoms with Crippen LogP contribution in [0.25, 0.3) is 5.69 Å². The third-order valence-electron chi connectivity index (χ3n) is 6.03. The van der Waals surface area contributed by atoms with Crippen molar-refractivity contribution in [2.24, 2.45) is 0 Å². The van der Waals surface area contributed by atoms with E-state index < -0.39 is 0 Å². The molecule has 2 atom stereocenters. The second kappa shape index (κ2) is 8.87. The highest BCUT2D eigenvalue weighted by Gasteiger charge is 2.36. The fraction of sp³-hybridized carbons (Fsp3) is 0.500. The van der Waals surface area contributed by atoms with Crippen LogP contribution in [-0.2, 0) is 4.74 Å². The van der Waals surface area contributed by atoms with Crippen LogP contribution in [0.2, 0.25) is 0 Å². The van der Waals surface area contributed by atoms with E-state index in [0.29, 0.717) is 29.6 Å². The Bertz CT molecular complexity index is 925. The molecule has 0 unspecified atom stereocenters. The van der Waals surface area contributed by atoms with Crippen LogP contribution in [-0.4, -0.2) is 58.5 Å². The molecule has 2 aliphatic heterocycles. The summed E-state index contributed by atoms with van der Waals surface area (Å²) in [4.78, 5) is 27.1. The molecule has 0 bridgehead atoms. The lowest BCUT2D eigenvalue weighted by molar-refractivity contribution is 0.0525. The number of anilines is 1. The standard InChI is InChI=1S/C22H29N5O3/c1-3-30-21(28)18-14-23-27(15(18)2)17-8-6-7-16(13-17)24-22(29)25-19-10-12-26-11-5-4-9-20(19)26/h6-8,13-14,19-20H,3-5,9-12H2,1-2H3,(H2,24,25,29)/t19-,20-/m0/s1. The number of benzene rings is 1. The second-order valence-electron chi connectivity index (χ2n) is 7.92. The number of nitrogens with one attached hydrogen (secondary N) is 2. The van der Waals surface area contributed by atoms with E-state index in [1.165, 1.54) is 19.0 Å². The summed E-state index contributed by atoms with van der Waals surface area (Å²) in [6.07, 6.45) is 6.16. The molecule has 0 aliphatic carbocycles. The lowest BCUT2D eigenvalue weighted by Crippen LogP contribution is -2.47. The van der Waals surface area contributed by atoms with Gasteiger partial charge in [0.15, 0.2) is 0 Å². The number of aromatic nitrogens is 2. The summed E-state index contributed by atoms with van der Waals surface area (Å²) in [6.45, 7) is 6.12. The van der Waals surface area contributed by atoms with Gasteiger partial charge in [0.2, 0.25) is 0 Å². The summed E-state index contributed by atoms with van der Waals surface area (Å²) < 4.78 is 6.75. The third kappa shape index (κ3) is 4.18. The van der Waals surface area contributed by atoms with Gasteiger partial charge in [0, 0.05) is 24.3 Å². The molecular weight excluding hydrogens is 382 g/mol. The Morgan fingerprint density at radius 1 is 1.23 bits per heavy atom. The van der Waals surface area contributed by atoms with Crippen LogP contribution in [0, 0.1) is 6.92 Å². The van der Waals surface area contributed by atoms with Gasteiger partial charge in [0.05, 0.1) is 24.2 Å². The summed E-state index contributed by atoms with van der Waals surface area (Å²) >= 11 is 0. The van der Waals surface area contributed by atoms with Gasteiger partial charge in [-0.2, -0.15) is 5.10 Å². The molecule has 2 N–H and O–H groups in total. The van der Waals surface area contributed by atoms with E-state index in [-0.39, 0.29) is 18.0 Å². The molecule has 2 aliphatic rings. The van der Waals surface area contributed by atoms with Crippen molar-refractivity contribution >= 4 is 17.7 Å². The van der Waals surface area contributed by atoms with Crippen molar-refractivity contribution in [1.29, 1.82) is 0 Å². The smallest absolute Gasteiger partial charge is 0.341 e. The Labute approximate surface area is 176 Å². The molecule has 1 aromatic heterocycles. The lowest BCUT2D eigenvalue weighted by atomic mass is 9.99. The van der Waals surface area contributed by atoms with Crippen molar-refractivity contribution in [2.45, 2.75) is 51.6 Å². The summed E-state index contributed by atoms with van der Waals surface area (Å²) in [7, 11) is 0. The van der Waals surface area contributed by atoms with Gasteiger partial charge in [-0.15, -0.1) is 0 Å². The lowest BCUT2D eigenvalue weighted by Gasteiger charge is -2.32. The number of carbonyl (C=O) groups is 2. The maximum atomic E-state index is 12.6. The number of rotatable bonds is 5. The Morgan fingerprint density at radius 3 is 2.93 bits per heavy atom. The first-order valence-corrected chi connectivity index (χ1v) is 10.7. The van der Waals surface area contributed by atoms with E-state index in [0.717, 1.165) is 31.6 Å². The van der Waals surface area contributed by atoms with E-state index in [9.17, 15) is 9.59 Å². The zero-order valence-corrected chi connectivity index (χ0v) is 17.6. The van der Waals surface area contributed by atoms with Crippen molar-refractivity contribution < 1.29 is 14.3 Å². The SMILES string of the molecule is CCOC(=O)c1cnn(-c2cccc(NC(=O)N[C@H]3CCN4CCCC[C@@H]34)c2)c1C. The molecule has 30 heavy (non-hydrogen) atoms. The molecule has 3 heterocycles. The van der Waals surface area contributed by atoms with Crippen molar-refractivity contribution in [2.75, 3.05) is 25.0 Å². The van der Waals surface area contributed by atoms with E-state index in [2.05, 4.69) is 20.6 Å². The quantitative estimate of drug-likeness (QED) is 0.738. The van der Waals surface area contributed by atoms with Crippen LogP contribution < -0.4 is 10.6 Å². The van der Waals surface area contributed by atoms with Gasteiger partial charge >= 0.3 is 12.0 Å². The predicted molar refractivity (Wildman–Crippen MR) is 114 cm³/mol. The zero-order chi connectivity index (χ0) is 21.1. The van der Waals surface area contributed by atoms with E-state index >= 15 is 0 Å². The Hall–Kier alpha value is -2.87. The molecule has 2 saturated heterocycles. The van der Waals surface area contributed by atoms with Crippen molar-refractivity contribution in [3.05, 3.63) is 41.7 Å². The maximum Gasteiger partial charge on any atom is 0.341 e. The molecule has 0 radical (unpaired) electrons. The van der Waals surface area contributed by atoms with Crippen molar-refractivity contribution in [3.8, 4) is 5.69 Å². The Kier molecular flexibility index (Phi) is 6.03. The molecule has 0 saturated carbocycles. The molecule has 8 nitrogen and oxygen atoms in total. The normalized spacial score (nSPS) is 21.1. The molecular formula is C22H29N5O3. The van der Waals surface area contributed by atoms with Crippen LogP contribution in [0.1, 0.15) is 48.7 Å². The molecule has 2 fully saturated rings. The number of fused-ring (bicyclic) bond motifs is 1. The van der Waals surface area contributed by atoms with Gasteiger partial charge in [-0.05, 0) is 57.9 Å². The van der Waals surface area contributed by atoms with Crippen LogP contribution in [0.5, 0.6) is 0 Å². The summed E-state index contributed by atoms with van der Waals surface area (Å²) in [5.74, 6) is -0.386. The highest BCUT2D eigenvalue weighted by atomic mass is 16.5. The molecule has 0 spiro atoms. The zero-order valence-electron chi connectivity index (χ0n) is 17.6. The molecule has 4 rings (SSSR count). The minimum Gasteiger partial charge on any atom is -0.462 e. The van der Waals surface area contributed by atoms with Crippen molar-refractivity contribution in [3.63, 3.8) is 0 Å². The minimum absolute atomic E-state index is 0.186. The predicted octanol–water partition coefficient (Wildman–Crippen LogP) is 3.11. The van der Waals surface area contributed by atoms with Crippen molar-refractivity contribution in [1.82, 2.24) is 20.0 Å². The largest absolute Gasteiger partial charge is 0.462 e. The van der Waals surface area contributed by atoms with Crippen LogP contribution >= 0.6 is 0 Å². The van der Waals surface area contributed by atoms with E-state index in [4.69, 9.17) is 4.74 Å². The average molecular weight is 412 g/mol. The number of amides is 2. The highest BCUT2D eigenvalue weighted by Crippen LogP contribution is 2.27. The van der Waals surface area contributed by atoms with Gasteiger partial charge in [0.25, 0.3) is 0 Å². The Balaban J connectivity index is 1.43. The first-order chi connectivity index (χ1) is 14.6. The van der Waals surface area contributed by atoms with E-state index in [1.54, 1.807) is 11.6 Å². The number of nitrogens with zero attached hydrogens (tertiary/aromatic N) is 3. The first-order valence-electron chi connectivity index (χ1n) is 10.7. The van der Waals surface area contributed by atoms with Gasteiger partial charge in [-0.3, -0.25) is 4.90 Å². The summed E-state index contributed by atoms with van der Waals surface area (Å²) in [5.41, 5.74) is 2.57. The fourth-order valence-corrected chi connectivity index (χ4v) is 4.55. The average Bonchev–Trinajstić information content (AvgIpc) is 3.32. The summed E-state index contributed by atoms with van der Waals surface area (Å²) in [6, 6.07) is 7.90. The fourth-order valence-electron chi connectivity index (χ4n) is 4.55. The topological polar surface area (TPSA) is 88.5 Å². The van der Waals surface area contributed by atoms with Crippen LogP contribution in [0.4, 0.5) is 10.5 Å².